The Labute approximate surface area is 148 Å². The third-order valence-corrected chi connectivity index (χ3v) is 4.04. The van der Waals surface area contributed by atoms with E-state index in [1.807, 2.05) is 91.0 Å². The first kappa shape index (κ1) is 17.0. The van der Waals surface area contributed by atoms with Gasteiger partial charge in [0.2, 0.25) is 0 Å². The minimum Gasteiger partial charge on any atom is -0.525 e. The number of benzene rings is 3. The zero-order valence-corrected chi connectivity index (χ0v) is 13.9. The molecule has 4 heteroatoms. The SMILES string of the molecule is N[C@@H](Cc1ccccc1)C(=O)OB(c1ccccc1)c1ccccc1. The Hall–Kier alpha value is -2.85. The van der Waals surface area contributed by atoms with Crippen LogP contribution in [-0.2, 0) is 15.9 Å². The average molecular weight is 329 g/mol. The molecule has 2 N–H and O–H groups in total. The molecule has 0 spiro atoms. The van der Waals surface area contributed by atoms with Crippen LogP contribution >= 0.6 is 0 Å². The fraction of sp³-hybridized carbons (Fsp3) is 0.0952. The lowest BCUT2D eigenvalue weighted by Gasteiger charge is -2.18. The molecule has 3 nitrogen and oxygen atoms in total. The molecule has 0 radical (unpaired) electrons. The molecule has 0 aliphatic heterocycles. The molecule has 0 heterocycles. The molecule has 124 valence electrons. The van der Waals surface area contributed by atoms with E-state index in [4.69, 9.17) is 10.4 Å². The highest BCUT2D eigenvalue weighted by Crippen LogP contribution is 2.04. The molecule has 3 aromatic rings. The lowest BCUT2D eigenvalue weighted by atomic mass is 9.55. The zero-order chi connectivity index (χ0) is 17.5. The van der Waals surface area contributed by atoms with Gasteiger partial charge in [0.25, 0.3) is 0 Å². The Balaban J connectivity index is 1.77. The van der Waals surface area contributed by atoms with Gasteiger partial charge in [0.1, 0.15) is 6.04 Å². The van der Waals surface area contributed by atoms with Gasteiger partial charge in [-0.05, 0) is 22.9 Å². The Bertz CT molecular complexity index is 754. The van der Waals surface area contributed by atoms with Gasteiger partial charge in [-0.15, -0.1) is 0 Å². The van der Waals surface area contributed by atoms with Crippen LogP contribution in [0.15, 0.2) is 91.0 Å². The first-order chi connectivity index (χ1) is 12.2. The summed E-state index contributed by atoms with van der Waals surface area (Å²) >= 11 is 0. The summed E-state index contributed by atoms with van der Waals surface area (Å²) in [5.41, 5.74) is 8.95. The highest BCUT2D eigenvalue weighted by Gasteiger charge is 2.28. The number of hydrogen-bond acceptors (Lipinski definition) is 3. The van der Waals surface area contributed by atoms with Crippen LogP contribution in [0.25, 0.3) is 0 Å². The molecule has 0 aliphatic rings. The molecule has 25 heavy (non-hydrogen) atoms. The second kappa shape index (κ2) is 8.31. The maximum Gasteiger partial charge on any atom is 0.429 e. The van der Waals surface area contributed by atoms with Crippen LogP contribution in [0.3, 0.4) is 0 Å². The molecule has 0 fully saturated rings. The first-order valence-corrected chi connectivity index (χ1v) is 8.34. The first-order valence-electron chi connectivity index (χ1n) is 8.34. The summed E-state index contributed by atoms with van der Waals surface area (Å²) < 4.78 is 5.79. The van der Waals surface area contributed by atoms with E-state index in [-0.39, 0.29) is 0 Å². The second-order valence-electron chi connectivity index (χ2n) is 5.93. The quantitative estimate of drug-likeness (QED) is 0.703. The summed E-state index contributed by atoms with van der Waals surface area (Å²) in [6.07, 6.45) is 0.454. The van der Waals surface area contributed by atoms with E-state index in [1.54, 1.807) is 0 Å². The number of hydrogen-bond donors (Lipinski definition) is 1. The van der Waals surface area contributed by atoms with Crippen molar-refractivity contribution in [1.82, 2.24) is 0 Å². The summed E-state index contributed by atoms with van der Waals surface area (Å²) in [5, 5.41) is 0. The van der Waals surface area contributed by atoms with Gasteiger partial charge in [-0.2, -0.15) is 0 Å². The lowest BCUT2D eigenvalue weighted by Crippen LogP contribution is -2.49. The Kier molecular flexibility index (Phi) is 5.65. The van der Waals surface area contributed by atoms with Gasteiger partial charge < -0.3 is 10.4 Å². The van der Waals surface area contributed by atoms with Gasteiger partial charge in [0, 0.05) is 0 Å². The second-order valence-corrected chi connectivity index (χ2v) is 5.93. The highest BCUT2D eigenvalue weighted by molar-refractivity contribution is 6.81. The standard InChI is InChI=1S/C21H20BNO2/c23-20(16-17-10-4-1-5-11-17)21(24)25-22(18-12-6-2-7-13-18)19-14-8-3-9-15-19/h1-15,20H,16,23H2/t20-/m0/s1. The summed E-state index contributed by atoms with van der Waals surface area (Å²) in [4.78, 5) is 12.6. The molecule has 0 bridgehead atoms. The molecule has 0 unspecified atom stereocenters. The van der Waals surface area contributed by atoms with Crippen molar-refractivity contribution in [3.8, 4) is 0 Å². The van der Waals surface area contributed by atoms with E-state index >= 15 is 0 Å². The molecular formula is C21H20BNO2. The van der Waals surface area contributed by atoms with Crippen molar-refractivity contribution in [3.63, 3.8) is 0 Å². The maximum atomic E-state index is 12.6. The molecule has 3 aromatic carbocycles. The van der Waals surface area contributed by atoms with E-state index in [2.05, 4.69) is 0 Å². The predicted octanol–water partition coefficient (Wildman–Crippen LogP) is 1.91. The minimum absolute atomic E-state index is 0.401. The van der Waals surface area contributed by atoms with Crippen LogP contribution in [0.4, 0.5) is 0 Å². The van der Waals surface area contributed by atoms with E-state index in [0.29, 0.717) is 6.42 Å². The van der Waals surface area contributed by atoms with E-state index in [9.17, 15) is 4.79 Å². The summed E-state index contributed by atoms with van der Waals surface area (Å²) in [5.74, 6) is -0.401. The fourth-order valence-electron chi connectivity index (χ4n) is 2.74. The summed E-state index contributed by atoms with van der Waals surface area (Å²) in [6.45, 7) is -0.461. The predicted molar refractivity (Wildman–Crippen MR) is 102 cm³/mol. The van der Waals surface area contributed by atoms with Crippen molar-refractivity contribution in [3.05, 3.63) is 96.6 Å². The topological polar surface area (TPSA) is 52.3 Å². The van der Waals surface area contributed by atoms with Crippen molar-refractivity contribution in [2.24, 2.45) is 5.73 Å². The number of nitrogens with two attached hydrogens (primary N) is 1. The summed E-state index contributed by atoms with van der Waals surface area (Å²) in [6, 6.07) is 28.4. The Morgan fingerprint density at radius 2 is 1.24 bits per heavy atom. The monoisotopic (exact) mass is 329 g/mol. The van der Waals surface area contributed by atoms with E-state index < -0.39 is 18.9 Å². The molecular weight excluding hydrogens is 309 g/mol. The van der Waals surface area contributed by atoms with Crippen LogP contribution in [0.5, 0.6) is 0 Å². The smallest absolute Gasteiger partial charge is 0.429 e. The highest BCUT2D eigenvalue weighted by atomic mass is 16.5. The lowest BCUT2D eigenvalue weighted by molar-refractivity contribution is -0.135. The van der Waals surface area contributed by atoms with E-state index in [1.165, 1.54) is 0 Å². The Morgan fingerprint density at radius 1 is 0.800 bits per heavy atom. The summed E-state index contributed by atoms with van der Waals surface area (Å²) in [7, 11) is 0. The molecule has 0 aromatic heterocycles. The zero-order valence-electron chi connectivity index (χ0n) is 13.9. The van der Waals surface area contributed by atoms with Crippen LogP contribution < -0.4 is 16.7 Å². The van der Waals surface area contributed by atoms with Crippen LogP contribution in [0.1, 0.15) is 5.56 Å². The average Bonchev–Trinajstić information content (AvgIpc) is 2.68. The van der Waals surface area contributed by atoms with E-state index in [0.717, 1.165) is 16.5 Å². The Morgan fingerprint density at radius 3 is 1.72 bits per heavy atom. The van der Waals surface area contributed by atoms with Crippen molar-refractivity contribution in [1.29, 1.82) is 0 Å². The molecule has 1 atom stereocenters. The molecule has 0 saturated heterocycles. The van der Waals surface area contributed by atoms with Crippen molar-refractivity contribution >= 4 is 23.8 Å². The van der Waals surface area contributed by atoms with Crippen LogP contribution in [0.2, 0.25) is 0 Å². The van der Waals surface area contributed by atoms with Crippen LogP contribution in [0, 0.1) is 0 Å². The minimum atomic E-state index is -0.697. The van der Waals surface area contributed by atoms with Gasteiger partial charge in [-0.25, -0.2) is 0 Å². The van der Waals surface area contributed by atoms with Gasteiger partial charge in [-0.3, -0.25) is 4.79 Å². The van der Waals surface area contributed by atoms with Gasteiger partial charge in [-0.1, -0.05) is 91.0 Å². The van der Waals surface area contributed by atoms with Gasteiger partial charge in [0.15, 0.2) is 0 Å². The van der Waals surface area contributed by atoms with Crippen molar-refractivity contribution in [2.45, 2.75) is 12.5 Å². The van der Waals surface area contributed by atoms with Gasteiger partial charge >= 0.3 is 12.9 Å². The molecule has 0 saturated carbocycles. The van der Waals surface area contributed by atoms with Crippen LogP contribution in [-0.4, -0.2) is 18.9 Å². The van der Waals surface area contributed by atoms with Crippen molar-refractivity contribution < 1.29 is 9.45 Å². The number of carbonyl (C=O) groups is 1. The molecule has 0 amide bonds. The number of rotatable bonds is 6. The third kappa shape index (κ3) is 4.58. The fourth-order valence-corrected chi connectivity index (χ4v) is 2.74. The largest absolute Gasteiger partial charge is 0.525 e. The van der Waals surface area contributed by atoms with Crippen molar-refractivity contribution in [2.75, 3.05) is 0 Å². The third-order valence-electron chi connectivity index (χ3n) is 4.04. The maximum absolute atomic E-state index is 12.6. The normalized spacial score (nSPS) is 11.6. The molecule has 0 aliphatic carbocycles. The molecule has 3 rings (SSSR count). The number of carbonyl (C=O) groups excluding carboxylic acids is 1. The van der Waals surface area contributed by atoms with Gasteiger partial charge in [0.05, 0.1) is 0 Å².